The number of nitrogens with one attached hydrogen (secondary N) is 1. The summed E-state index contributed by atoms with van der Waals surface area (Å²) in [5.41, 5.74) is 0.339. The predicted molar refractivity (Wildman–Crippen MR) is 60.7 cm³/mol. The van der Waals surface area contributed by atoms with Crippen molar-refractivity contribution in [3.8, 4) is 0 Å². The molecule has 0 radical (unpaired) electrons. The highest BCUT2D eigenvalue weighted by atomic mass is 19.4. The largest absolute Gasteiger partial charge is 0.393 e. The average Bonchev–Trinajstić information content (AvgIpc) is 2.31. The predicted octanol–water partition coefficient (Wildman–Crippen LogP) is 3.30. The summed E-state index contributed by atoms with van der Waals surface area (Å²) in [4.78, 5) is 0. The Balaban J connectivity index is 2.13. The minimum atomic E-state index is -4.22. The van der Waals surface area contributed by atoms with Gasteiger partial charge in [0, 0.05) is 6.04 Å². The van der Waals surface area contributed by atoms with Gasteiger partial charge in [0.2, 0.25) is 0 Å². The van der Waals surface area contributed by atoms with Gasteiger partial charge in [-0.25, -0.2) is 4.39 Å². The fourth-order valence-electron chi connectivity index (χ4n) is 2.46. The second-order valence-corrected chi connectivity index (χ2v) is 4.65. The van der Waals surface area contributed by atoms with E-state index in [0.29, 0.717) is 18.5 Å². The lowest BCUT2D eigenvalue weighted by Crippen LogP contribution is -2.48. The van der Waals surface area contributed by atoms with Crippen LogP contribution < -0.4 is 5.32 Å². The Bertz CT molecular complexity index is 402. The van der Waals surface area contributed by atoms with Gasteiger partial charge in [0.15, 0.2) is 0 Å². The molecule has 1 saturated heterocycles. The molecule has 100 valence electrons. The van der Waals surface area contributed by atoms with Gasteiger partial charge in [0.05, 0.1) is 5.92 Å². The molecule has 0 spiro atoms. The van der Waals surface area contributed by atoms with Gasteiger partial charge in [-0.3, -0.25) is 0 Å². The van der Waals surface area contributed by atoms with Crippen molar-refractivity contribution in [3.63, 3.8) is 0 Å². The lowest BCUT2D eigenvalue weighted by Gasteiger charge is -2.34. The molecule has 1 heterocycles. The van der Waals surface area contributed by atoms with Gasteiger partial charge < -0.3 is 5.32 Å². The Hall–Kier alpha value is -1.10. The number of hydrogen-bond acceptors (Lipinski definition) is 1. The van der Waals surface area contributed by atoms with Crippen LogP contribution in [0.1, 0.15) is 18.4 Å². The van der Waals surface area contributed by atoms with Gasteiger partial charge in [0.1, 0.15) is 5.82 Å². The van der Waals surface area contributed by atoms with E-state index in [-0.39, 0.29) is 12.8 Å². The van der Waals surface area contributed by atoms with Gasteiger partial charge in [-0.15, -0.1) is 0 Å². The third-order valence-corrected chi connectivity index (χ3v) is 3.40. The third-order valence-electron chi connectivity index (χ3n) is 3.40. The molecule has 0 amide bonds. The van der Waals surface area contributed by atoms with E-state index in [1.165, 1.54) is 12.1 Å². The number of rotatable bonds is 2. The Kier molecular flexibility index (Phi) is 3.90. The van der Waals surface area contributed by atoms with Crippen molar-refractivity contribution in [1.29, 1.82) is 0 Å². The fourth-order valence-corrected chi connectivity index (χ4v) is 2.46. The normalized spacial score (nSPS) is 25.1. The number of alkyl halides is 3. The second kappa shape index (κ2) is 5.26. The topological polar surface area (TPSA) is 12.0 Å². The monoisotopic (exact) mass is 261 g/mol. The molecule has 1 aromatic carbocycles. The minimum absolute atomic E-state index is 0.0802. The Morgan fingerprint density at radius 2 is 1.94 bits per heavy atom. The highest BCUT2D eigenvalue weighted by Crippen LogP contribution is 2.35. The second-order valence-electron chi connectivity index (χ2n) is 4.65. The van der Waals surface area contributed by atoms with Crippen molar-refractivity contribution < 1.29 is 17.6 Å². The summed E-state index contributed by atoms with van der Waals surface area (Å²) in [6.07, 6.45) is -3.51. The van der Waals surface area contributed by atoms with Gasteiger partial charge in [-0.1, -0.05) is 18.2 Å². The van der Waals surface area contributed by atoms with Crippen LogP contribution in [0, 0.1) is 11.7 Å². The molecule has 2 unspecified atom stereocenters. The molecule has 1 aliphatic heterocycles. The molecule has 0 saturated carbocycles. The van der Waals surface area contributed by atoms with Crippen molar-refractivity contribution in [2.24, 2.45) is 5.92 Å². The molecule has 1 fully saturated rings. The summed E-state index contributed by atoms with van der Waals surface area (Å²) < 4.78 is 52.0. The van der Waals surface area contributed by atoms with Crippen LogP contribution in [0.3, 0.4) is 0 Å². The summed E-state index contributed by atoms with van der Waals surface area (Å²) in [6.45, 7) is 0.561. The van der Waals surface area contributed by atoms with Crippen molar-refractivity contribution in [2.45, 2.75) is 31.5 Å². The summed E-state index contributed by atoms with van der Waals surface area (Å²) in [5, 5.41) is 2.86. The molecule has 0 aromatic heterocycles. The highest BCUT2D eigenvalue weighted by Gasteiger charge is 2.45. The van der Waals surface area contributed by atoms with Crippen LogP contribution in [0.5, 0.6) is 0 Å². The maximum atomic E-state index is 13.5. The van der Waals surface area contributed by atoms with Gasteiger partial charge in [-0.2, -0.15) is 13.2 Å². The first-order valence-corrected chi connectivity index (χ1v) is 6.02. The quantitative estimate of drug-likeness (QED) is 0.805. The number of hydrogen-bond donors (Lipinski definition) is 1. The number of halogens is 4. The van der Waals surface area contributed by atoms with Crippen LogP contribution >= 0.6 is 0 Å². The van der Waals surface area contributed by atoms with Crippen LogP contribution in [-0.2, 0) is 6.42 Å². The zero-order chi connectivity index (χ0) is 13.2. The number of benzene rings is 1. The van der Waals surface area contributed by atoms with Crippen molar-refractivity contribution in [3.05, 3.63) is 35.6 Å². The van der Waals surface area contributed by atoms with E-state index in [9.17, 15) is 17.6 Å². The van der Waals surface area contributed by atoms with E-state index in [1.54, 1.807) is 12.1 Å². The molecular formula is C13H15F4N. The molecule has 18 heavy (non-hydrogen) atoms. The van der Waals surface area contributed by atoms with Crippen LogP contribution in [0.2, 0.25) is 0 Å². The third kappa shape index (κ3) is 3.02. The molecule has 2 atom stereocenters. The first kappa shape index (κ1) is 13.3. The van der Waals surface area contributed by atoms with Gasteiger partial charge in [0.25, 0.3) is 0 Å². The summed E-state index contributed by atoms with van der Waals surface area (Å²) in [5.74, 6) is -1.82. The van der Waals surface area contributed by atoms with E-state index in [0.717, 1.165) is 0 Å². The minimum Gasteiger partial charge on any atom is -0.313 e. The molecule has 0 bridgehead atoms. The van der Waals surface area contributed by atoms with E-state index in [4.69, 9.17) is 0 Å². The zero-order valence-corrected chi connectivity index (χ0v) is 9.80. The Labute approximate surface area is 103 Å². The lowest BCUT2D eigenvalue weighted by atomic mass is 9.86. The maximum Gasteiger partial charge on any atom is 0.393 e. The molecule has 1 aliphatic rings. The Morgan fingerprint density at radius 1 is 1.22 bits per heavy atom. The smallest absolute Gasteiger partial charge is 0.313 e. The Morgan fingerprint density at radius 3 is 2.61 bits per heavy atom. The van der Waals surface area contributed by atoms with Crippen molar-refractivity contribution >= 4 is 0 Å². The fraction of sp³-hybridized carbons (Fsp3) is 0.538. The van der Waals surface area contributed by atoms with E-state index >= 15 is 0 Å². The lowest BCUT2D eigenvalue weighted by molar-refractivity contribution is -0.188. The van der Waals surface area contributed by atoms with Crippen LogP contribution in [0.4, 0.5) is 17.6 Å². The van der Waals surface area contributed by atoms with E-state index < -0.39 is 24.0 Å². The summed E-state index contributed by atoms with van der Waals surface area (Å²) in [6, 6.07) is 5.27. The molecular weight excluding hydrogens is 246 g/mol. The standard InChI is InChI=1S/C13H15F4N/c14-11-6-2-1-4-9(11)8-12-10(13(15,16)17)5-3-7-18-12/h1-2,4,6,10,12,18H,3,5,7-8H2. The molecule has 1 nitrogen and oxygen atoms in total. The summed E-state index contributed by atoms with van der Waals surface area (Å²) in [7, 11) is 0. The van der Waals surface area contributed by atoms with Crippen LogP contribution in [0.15, 0.2) is 24.3 Å². The summed E-state index contributed by atoms with van der Waals surface area (Å²) >= 11 is 0. The zero-order valence-electron chi connectivity index (χ0n) is 9.80. The first-order chi connectivity index (χ1) is 8.48. The van der Waals surface area contributed by atoms with Crippen LogP contribution in [0.25, 0.3) is 0 Å². The van der Waals surface area contributed by atoms with E-state index in [1.807, 2.05) is 0 Å². The van der Waals surface area contributed by atoms with Crippen molar-refractivity contribution in [1.82, 2.24) is 5.32 Å². The number of piperidine rings is 1. The van der Waals surface area contributed by atoms with Crippen LogP contribution in [-0.4, -0.2) is 18.8 Å². The SMILES string of the molecule is Fc1ccccc1CC1NCCCC1C(F)(F)F. The molecule has 2 rings (SSSR count). The molecule has 1 aromatic rings. The average molecular weight is 261 g/mol. The molecule has 0 aliphatic carbocycles. The van der Waals surface area contributed by atoms with Gasteiger partial charge in [-0.05, 0) is 37.4 Å². The highest BCUT2D eigenvalue weighted by molar-refractivity contribution is 5.19. The molecule has 5 heteroatoms. The first-order valence-electron chi connectivity index (χ1n) is 6.02. The maximum absolute atomic E-state index is 13.5. The van der Waals surface area contributed by atoms with E-state index in [2.05, 4.69) is 5.32 Å². The van der Waals surface area contributed by atoms with Crippen molar-refractivity contribution in [2.75, 3.05) is 6.54 Å². The molecule has 1 N–H and O–H groups in total. The van der Waals surface area contributed by atoms with Gasteiger partial charge >= 0.3 is 6.18 Å².